The third-order valence-corrected chi connectivity index (χ3v) is 3.58. The van der Waals surface area contributed by atoms with Crippen molar-refractivity contribution in [1.82, 2.24) is 4.40 Å². The Kier molecular flexibility index (Phi) is 2.83. The van der Waals surface area contributed by atoms with Crippen LogP contribution in [0.4, 0.5) is 0 Å². The van der Waals surface area contributed by atoms with Crippen molar-refractivity contribution in [1.29, 1.82) is 0 Å². The van der Waals surface area contributed by atoms with E-state index in [2.05, 4.69) is 0 Å². The molecule has 0 unspecified atom stereocenters. The molecule has 3 aromatic rings. The maximum absolute atomic E-state index is 11.7. The first-order valence-electron chi connectivity index (χ1n) is 6.48. The van der Waals surface area contributed by atoms with Gasteiger partial charge in [-0.15, -0.1) is 0 Å². The number of aromatic nitrogens is 1. The first-order valence-corrected chi connectivity index (χ1v) is 6.48. The number of hydrogen-bond acceptors (Lipinski definition) is 1. The van der Waals surface area contributed by atoms with Crippen LogP contribution in [-0.4, -0.2) is 15.5 Å². The molecule has 0 amide bonds. The minimum atomic E-state index is -0.894. The lowest BCUT2D eigenvalue weighted by Crippen LogP contribution is -1.98. The molecule has 3 nitrogen and oxygen atoms in total. The van der Waals surface area contributed by atoms with E-state index in [0.717, 1.165) is 27.8 Å². The Bertz CT molecular complexity index is 815. The van der Waals surface area contributed by atoms with Crippen molar-refractivity contribution < 1.29 is 9.90 Å². The number of nitrogens with zero attached hydrogens (tertiary/aromatic N) is 1. The van der Waals surface area contributed by atoms with Gasteiger partial charge in [0, 0.05) is 18.0 Å². The summed E-state index contributed by atoms with van der Waals surface area (Å²) in [5.41, 5.74) is 5.03. The topological polar surface area (TPSA) is 41.7 Å². The predicted molar refractivity (Wildman–Crippen MR) is 79.3 cm³/mol. The molecule has 100 valence electrons. The molecule has 0 aliphatic rings. The minimum absolute atomic E-state index is 0.360. The van der Waals surface area contributed by atoms with E-state index in [0.29, 0.717) is 5.56 Å². The maximum Gasteiger partial charge on any atom is 0.338 e. The normalized spacial score (nSPS) is 10.9. The second-order valence-electron chi connectivity index (χ2n) is 5.03. The van der Waals surface area contributed by atoms with Crippen LogP contribution in [0.2, 0.25) is 0 Å². The van der Waals surface area contributed by atoms with Crippen molar-refractivity contribution in [3.05, 3.63) is 65.5 Å². The lowest BCUT2D eigenvalue weighted by atomic mass is 9.97. The van der Waals surface area contributed by atoms with Crippen molar-refractivity contribution in [3.8, 4) is 11.1 Å². The molecule has 0 bridgehead atoms. The second-order valence-corrected chi connectivity index (χ2v) is 5.03. The highest BCUT2D eigenvalue weighted by molar-refractivity contribution is 6.04. The predicted octanol–water partition coefficient (Wildman–Crippen LogP) is 3.92. The summed E-state index contributed by atoms with van der Waals surface area (Å²) in [5, 5.41) is 9.56. The van der Waals surface area contributed by atoms with Crippen LogP contribution in [0.15, 0.2) is 48.8 Å². The van der Waals surface area contributed by atoms with Gasteiger partial charge < -0.3 is 9.51 Å². The Morgan fingerprint density at radius 2 is 1.90 bits per heavy atom. The van der Waals surface area contributed by atoms with Crippen LogP contribution in [0.25, 0.3) is 16.6 Å². The number of carboxylic acid groups (broad SMARTS) is 1. The molecule has 1 N–H and O–H groups in total. The zero-order valence-corrected chi connectivity index (χ0v) is 11.4. The molecular formula is C17H15NO2. The smallest absolute Gasteiger partial charge is 0.338 e. The Balaban J connectivity index is 2.38. The number of carbonyl (C=O) groups is 1. The van der Waals surface area contributed by atoms with Crippen LogP contribution in [0.1, 0.15) is 21.5 Å². The Morgan fingerprint density at radius 1 is 1.10 bits per heavy atom. The Morgan fingerprint density at radius 3 is 2.65 bits per heavy atom. The molecule has 0 atom stereocenters. The fourth-order valence-electron chi connectivity index (χ4n) is 2.58. The van der Waals surface area contributed by atoms with Crippen molar-refractivity contribution >= 4 is 11.5 Å². The molecule has 0 saturated heterocycles. The fraction of sp³-hybridized carbons (Fsp3) is 0.118. The number of benzene rings is 1. The quantitative estimate of drug-likeness (QED) is 0.763. The summed E-state index contributed by atoms with van der Waals surface area (Å²) in [6, 6.07) is 11.7. The summed E-state index contributed by atoms with van der Waals surface area (Å²) in [7, 11) is 0. The highest BCUT2D eigenvalue weighted by Gasteiger charge is 2.19. The van der Waals surface area contributed by atoms with E-state index in [-0.39, 0.29) is 0 Å². The number of fused-ring (bicyclic) bond motifs is 1. The number of aryl methyl sites for hydroxylation is 2. The minimum Gasteiger partial charge on any atom is -0.478 e. The van der Waals surface area contributed by atoms with Gasteiger partial charge >= 0.3 is 5.97 Å². The lowest BCUT2D eigenvalue weighted by Gasteiger charge is -2.06. The first kappa shape index (κ1) is 12.5. The molecule has 20 heavy (non-hydrogen) atoms. The average molecular weight is 265 g/mol. The van der Waals surface area contributed by atoms with Gasteiger partial charge in [-0.1, -0.05) is 29.8 Å². The van der Waals surface area contributed by atoms with E-state index in [9.17, 15) is 9.90 Å². The monoisotopic (exact) mass is 265 g/mol. The van der Waals surface area contributed by atoms with Gasteiger partial charge in [0.05, 0.1) is 11.1 Å². The van der Waals surface area contributed by atoms with E-state index >= 15 is 0 Å². The van der Waals surface area contributed by atoms with Gasteiger partial charge in [-0.05, 0) is 37.1 Å². The zero-order valence-electron chi connectivity index (χ0n) is 11.4. The van der Waals surface area contributed by atoms with Crippen LogP contribution in [-0.2, 0) is 0 Å². The van der Waals surface area contributed by atoms with Crippen LogP contribution in [0.3, 0.4) is 0 Å². The molecule has 0 radical (unpaired) electrons. The molecule has 0 fully saturated rings. The number of rotatable bonds is 2. The fourth-order valence-corrected chi connectivity index (χ4v) is 2.58. The molecule has 1 aromatic carbocycles. The average Bonchev–Trinajstić information content (AvgIpc) is 2.80. The number of aromatic carboxylic acids is 1. The molecule has 3 rings (SSSR count). The third kappa shape index (κ3) is 1.88. The van der Waals surface area contributed by atoms with E-state index < -0.39 is 5.97 Å². The summed E-state index contributed by atoms with van der Waals surface area (Å²) in [5.74, 6) is -0.894. The van der Waals surface area contributed by atoms with E-state index in [1.807, 2.05) is 67.0 Å². The van der Waals surface area contributed by atoms with E-state index in [1.165, 1.54) is 0 Å². The lowest BCUT2D eigenvalue weighted by molar-refractivity contribution is 0.0700. The summed E-state index contributed by atoms with van der Waals surface area (Å²) >= 11 is 0. The van der Waals surface area contributed by atoms with Crippen molar-refractivity contribution in [2.45, 2.75) is 13.8 Å². The third-order valence-electron chi connectivity index (χ3n) is 3.58. The van der Waals surface area contributed by atoms with Gasteiger partial charge in [-0.2, -0.15) is 0 Å². The molecule has 0 aliphatic carbocycles. The zero-order chi connectivity index (χ0) is 14.3. The van der Waals surface area contributed by atoms with Gasteiger partial charge in [0.25, 0.3) is 0 Å². The maximum atomic E-state index is 11.7. The van der Waals surface area contributed by atoms with Gasteiger partial charge in [-0.25, -0.2) is 4.79 Å². The van der Waals surface area contributed by atoms with Gasteiger partial charge in [-0.3, -0.25) is 0 Å². The molecule has 2 aromatic heterocycles. The summed E-state index contributed by atoms with van der Waals surface area (Å²) in [6.45, 7) is 4.02. The molecule has 2 heterocycles. The molecule has 0 aliphatic heterocycles. The highest BCUT2D eigenvalue weighted by atomic mass is 16.4. The van der Waals surface area contributed by atoms with Gasteiger partial charge in [0.1, 0.15) is 0 Å². The first-order chi connectivity index (χ1) is 9.58. The highest BCUT2D eigenvalue weighted by Crippen LogP contribution is 2.31. The van der Waals surface area contributed by atoms with Crippen LogP contribution in [0, 0.1) is 13.8 Å². The summed E-state index contributed by atoms with van der Waals surface area (Å²) in [4.78, 5) is 11.7. The summed E-state index contributed by atoms with van der Waals surface area (Å²) < 4.78 is 1.86. The van der Waals surface area contributed by atoms with E-state index in [1.54, 1.807) is 0 Å². The number of carboxylic acids is 1. The van der Waals surface area contributed by atoms with E-state index in [4.69, 9.17) is 0 Å². The van der Waals surface area contributed by atoms with Crippen molar-refractivity contribution in [2.24, 2.45) is 0 Å². The molecule has 3 heteroatoms. The van der Waals surface area contributed by atoms with Gasteiger partial charge in [0.2, 0.25) is 0 Å². The molecular weight excluding hydrogens is 250 g/mol. The number of hydrogen-bond donors (Lipinski definition) is 1. The standard InChI is InChI=1S/C17H15NO2/c1-11-6-7-12(2)13(9-11)14-10-18-8-4-3-5-15(18)16(14)17(19)20/h3-10H,1-2H3,(H,19,20). The van der Waals surface area contributed by atoms with Crippen LogP contribution in [0.5, 0.6) is 0 Å². The van der Waals surface area contributed by atoms with Crippen LogP contribution >= 0.6 is 0 Å². The van der Waals surface area contributed by atoms with Crippen molar-refractivity contribution in [2.75, 3.05) is 0 Å². The molecule has 0 spiro atoms. The van der Waals surface area contributed by atoms with Gasteiger partial charge in [0.15, 0.2) is 0 Å². The largest absolute Gasteiger partial charge is 0.478 e. The Hall–Kier alpha value is -2.55. The van der Waals surface area contributed by atoms with Crippen molar-refractivity contribution in [3.63, 3.8) is 0 Å². The number of pyridine rings is 1. The second kappa shape index (κ2) is 4.53. The SMILES string of the molecule is Cc1ccc(C)c(-c2cn3ccccc3c2C(=O)O)c1. The summed E-state index contributed by atoms with van der Waals surface area (Å²) in [6.07, 6.45) is 3.76. The van der Waals surface area contributed by atoms with Crippen LogP contribution < -0.4 is 0 Å². The Labute approximate surface area is 117 Å². The molecule has 0 saturated carbocycles.